The summed E-state index contributed by atoms with van der Waals surface area (Å²) in [4.78, 5) is 0. The molecule has 0 bridgehead atoms. The van der Waals surface area contributed by atoms with Gasteiger partial charge in [0.15, 0.2) is 0 Å². The van der Waals surface area contributed by atoms with E-state index < -0.39 is 0 Å². The van der Waals surface area contributed by atoms with Gasteiger partial charge in [-0.25, -0.2) is 6.21 Å². The molecule has 0 rings (SSSR count). The summed E-state index contributed by atoms with van der Waals surface area (Å²) in [7, 11) is 0. The summed E-state index contributed by atoms with van der Waals surface area (Å²) in [5, 5.41) is 8.30. The van der Waals surface area contributed by atoms with E-state index >= 15 is 0 Å². The van der Waals surface area contributed by atoms with E-state index in [2.05, 4.69) is 6.92 Å². The van der Waals surface area contributed by atoms with E-state index in [1.807, 2.05) is 0 Å². The predicted molar refractivity (Wildman–Crippen MR) is 42.8 cm³/mol. The Hall–Kier alpha value is 0.358. The standard InChI is InChI=1S/C8H16N.Pt/c1-2-3-4-5-6-7-8-9;/h8H,2-7H2,1H3;/q-1;. The Labute approximate surface area is 78.4 Å². The van der Waals surface area contributed by atoms with Gasteiger partial charge in [-0.2, -0.15) is 0 Å². The molecule has 0 N–H and O–H groups in total. The van der Waals surface area contributed by atoms with E-state index in [-0.39, 0.29) is 21.1 Å². The third kappa shape index (κ3) is 11.2. The molecule has 0 aromatic rings. The maximum atomic E-state index is 8.30. The first-order valence-corrected chi connectivity index (χ1v) is 3.87. The molecule has 1 nitrogen and oxygen atoms in total. The van der Waals surface area contributed by atoms with Crippen LogP contribution in [0.2, 0.25) is 0 Å². The van der Waals surface area contributed by atoms with Crippen molar-refractivity contribution in [3.8, 4) is 0 Å². The minimum atomic E-state index is 0. The second-order valence-electron chi connectivity index (χ2n) is 2.39. The first-order chi connectivity index (χ1) is 4.41. The molecule has 0 radical (unpaired) electrons. The summed E-state index contributed by atoms with van der Waals surface area (Å²) in [5.41, 5.74) is 0. The van der Waals surface area contributed by atoms with Crippen LogP contribution in [0.15, 0.2) is 0 Å². The summed E-state index contributed by atoms with van der Waals surface area (Å²) < 4.78 is 0. The van der Waals surface area contributed by atoms with Crippen LogP contribution in [0.5, 0.6) is 0 Å². The van der Waals surface area contributed by atoms with E-state index in [9.17, 15) is 0 Å². The summed E-state index contributed by atoms with van der Waals surface area (Å²) in [5.74, 6) is 0. The summed E-state index contributed by atoms with van der Waals surface area (Å²) in [6.45, 7) is 2.21. The monoisotopic (exact) mass is 321 g/mol. The predicted octanol–water partition coefficient (Wildman–Crippen LogP) is 2.98. The van der Waals surface area contributed by atoms with Crippen LogP contribution < -0.4 is 0 Å². The second kappa shape index (κ2) is 12.1. The van der Waals surface area contributed by atoms with Gasteiger partial charge >= 0.3 is 0 Å². The van der Waals surface area contributed by atoms with Crippen LogP contribution >= 0.6 is 0 Å². The minimum absolute atomic E-state index is 0. The van der Waals surface area contributed by atoms with Crippen molar-refractivity contribution in [1.82, 2.24) is 0 Å². The minimum Gasteiger partial charge on any atom is -0.814 e. The van der Waals surface area contributed by atoms with Crippen LogP contribution in [0.25, 0.3) is 5.41 Å². The molecule has 0 unspecified atom stereocenters. The van der Waals surface area contributed by atoms with Gasteiger partial charge in [0, 0.05) is 21.1 Å². The van der Waals surface area contributed by atoms with E-state index in [1.165, 1.54) is 31.9 Å². The average Bonchev–Trinajstić information content (AvgIpc) is 1.89. The number of unbranched alkanes of at least 4 members (excludes halogenated alkanes) is 5. The molecule has 0 heterocycles. The quantitative estimate of drug-likeness (QED) is 0.530. The van der Waals surface area contributed by atoms with Crippen LogP contribution in [0.4, 0.5) is 0 Å². The fraction of sp³-hybridized carbons (Fsp3) is 0.875. The smallest absolute Gasteiger partial charge is 0 e. The zero-order chi connectivity index (χ0) is 6.95. The van der Waals surface area contributed by atoms with E-state index in [1.54, 1.807) is 0 Å². The van der Waals surface area contributed by atoms with Crippen LogP contribution in [-0.4, -0.2) is 6.21 Å². The zero-order valence-electron chi connectivity index (χ0n) is 6.58. The Morgan fingerprint density at radius 2 is 1.70 bits per heavy atom. The Kier molecular flexibility index (Phi) is 15.7. The number of hydrogen-bond acceptors (Lipinski definition) is 0. The van der Waals surface area contributed by atoms with E-state index in [0.717, 1.165) is 12.8 Å². The molecule has 0 aromatic carbocycles. The molecule has 10 heavy (non-hydrogen) atoms. The molecule has 64 valence electrons. The van der Waals surface area contributed by atoms with Gasteiger partial charge in [0.25, 0.3) is 0 Å². The first-order valence-electron chi connectivity index (χ1n) is 3.87. The van der Waals surface area contributed by atoms with Gasteiger partial charge in [-0.15, -0.1) is 0 Å². The Morgan fingerprint density at radius 3 is 2.20 bits per heavy atom. The molecule has 0 fully saturated rings. The first kappa shape index (κ1) is 13.0. The fourth-order valence-electron chi connectivity index (χ4n) is 0.839. The van der Waals surface area contributed by atoms with Crippen molar-refractivity contribution in [2.75, 3.05) is 0 Å². The van der Waals surface area contributed by atoms with E-state index in [4.69, 9.17) is 5.41 Å². The molecule has 2 heteroatoms. The van der Waals surface area contributed by atoms with Crippen LogP contribution in [0.1, 0.15) is 45.4 Å². The largest absolute Gasteiger partial charge is 0.814 e. The van der Waals surface area contributed by atoms with Crippen molar-refractivity contribution in [3.05, 3.63) is 5.41 Å². The number of rotatable bonds is 6. The van der Waals surface area contributed by atoms with Crippen molar-refractivity contribution >= 4 is 6.21 Å². The normalized spacial score (nSPS) is 8.50. The van der Waals surface area contributed by atoms with Crippen molar-refractivity contribution in [2.45, 2.75) is 45.4 Å². The van der Waals surface area contributed by atoms with Crippen molar-refractivity contribution < 1.29 is 21.1 Å². The van der Waals surface area contributed by atoms with Crippen molar-refractivity contribution in [1.29, 1.82) is 0 Å². The molecule has 0 amide bonds. The van der Waals surface area contributed by atoms with Crippen molar-refractivity contribution in [3.63, 3.8) is 0 Å². The van der Waals surface area contributed by atoms with Gasteiger partial charge in [-0.1, -0.05) is 45.4 Å². The van der Waals surface area contributed by atoms with Crippen molar-refractivity contribution in [2.24, 2.45) is 0 Å². The van der Waals surface area contributed by atoms with Gasteiger partial charge < -0.3 is 5.41 Å². The SMILES string of the molecule is CCCCCCCC=[N-].[Pt]. The Balaban J connectivity index is 0. The van der Waals surface area contributed by atoms with Gasteiger partial charge in [0.05, 0.1) is 0 Å². The second-order valence-corrected chi connectivity index (χ2v) is 2.39. The molecule has 0 aromatic heterocycles. The third-order valence-electron chi connectivity index (χ3n) is 1.44. The van der Waals surface area contributed by atoms with Gasteiger partial charge in [-0.05, 0) is 0 Å². The fourth-order valence-corrected chi connectivity index (χ4v) is 0.839. The maximum absolute atomic E-state index is 8.30. The molecule has 0 aliphatic rings. The van der Waals surface area contributed by atoms with E-state index in [0.29, 0.717) is 0 Å². The molecule has 0 saturated carbocycles. The molecule has 0 aliphatic heterocycles. The number of hydrogen-bond donors (Lipinski definition) is 0. The molecule has 0 aliphatic carbocycles. The van der Waals surface area contributed by atoms with Gasteiger partial charge in [-0.3, -0.25) is 0 Å². The molecular weight excluding hydrogens is 305 g/mol. The Bertz CT molecular complexity index is 64.3. The van der Waals surface area contributed by atoms with Crippen LogP contribution in [0.3, 0.4) is 0 Å². The molecule has 0 atom stereocenters. The topological polar surface area (TPSA) is 22.3 Å². The maximum Gasteiger partial charge on any atom is 0 e. The molecular formula is C8H16NPt-. The summed E-state index contributed by atoms with van der Waals surface area (Å²) in [6, 6.07) is 0. The van der Waals surface area contributed by atoms with Gasteiger partial charge in [0.1, 0.15) is 0 Å². The zero-order valence-corrected chi connectivity index (χ0v) is 8.86. The van der Waals surface area contributed by atoms with Crippen LogP contribution in [0, 0.1) is 0 Å². The van der Waals surface area contributed by atoms with Crippen LogP contribution in [-0.2, 0) is 21.1 Å². The molecule has 0 saturated heterocycles. The number of nitrogens with zero attached hydrogens (tertiary/aromatic N) is 1. The summed E-state index contributed by atoms with van der Waals surface area (Å²) >= 11 is 0. The summed E-state index contributed by atoms with van der Waals surface area (Å²) in [6.07, 6.45) is 8.50. The average molecular weight is 321 g/mol. The Morgan fingerprint density at radius 1 is 1.10 bits per heavy atom. The van der Waals surface area contributed by atoms with Gasteiger partial charge in [0.2, 0.25) is 0 Å². The molecule has 0 spiro atoms. The third-order valence-corrected chi connectivity index (χ3v) is 1.44.